The molecule has 0 aromatic heterocycles. The van der Waals surface area contributed by atoms with Crippen LogP contribution in [0.5, 0.6) is 11.5 Å². The number of ether oxygens (including phenoxy) is 2. The molecule has 0 spiro atoms. The number of benzene rings is 2. The van der Waals surface area contributed by atoms with Crippen molar-refractivity contribution in [3.8, 4) is 23.3 Å². The lowest BCUT2D eigenvalue weighted by Gasteiger charge is -2.12. The molecule has 154 valence electrons. The first-order chi connectivity index (χ1) is 13.9. The van der Waals surface area contributed by atoms with Crippen molar-refractivity contribution < 1.29 is 22.6 Å². The fraction of sp³-hybridized carbons (Fsp3) is 0.286. The first-order valence-corrected chi connectivity index (χ1v) is 8.69. The third kappa shape index (κ3) is 6.64. The van der Waals surface area contributed by atoms with Crippen LogP contribution < -0.4 is 20.1 Å². The summed E-state index contributed by atoms with van der Waals surface area (Å²) in [5.74, 6) is 7.28. The van der Waals surface area contributed by atoms with Crippen molar-refractivity contribution in [3.63, 3.8) is 0 Å². The highest BCUT2D eigenvalue weighted by Gasteiger charge is 2.30. The second-order valence-corrected chi connectivity index (χ2v) is 5.85. The van der Waals surface area contributed by atoms with Crippen LogP contribution in [0.2, 0.25) is 0 Å². The molecule has 0 bridgehead atoms. The first-order valence-electron chi connectivity index (χ1n) is 8.69. The molecule has 0 amide bonds. The Kier molecular flexibility index (Phi) is 7.78. The number of alkyl halides is 3. The van der Waals surface area contributed by atoms with Crippen molar-refractivity contribution in [2.45, 2.75) is 12.7 Å². The molecule has 0 saturated carbocycles. The SMILES string of the molecule is CN=C(NCC#Cc1cccc(C(F)(F)F)c1)NCc1ccc(OC)c(OC)c1. The summed E-state index contributed by atoms with van der Waals surface area (Å²) in [5, 5.41) is 6.12. The van der Waals surface area contributed by atoms with Gasteiger partial charge in [-0.05, 0) is 35.9 Å². The van der Waals surface area contributed by atoms with Gasteiger partial charge in [0, 0.05) is 19.2 Å². The Hall–Kier alpha value is -3.34. The van der Waals surface area contributed by atoms with E-state index in [1.165, 1.54) is 12.1 Å². The van der Waals surface area contributed by atoms with Gasteiger partial charge in [0.25, 0.3) is 0 Å². The number of aliphatic imine (C=N–C) groups is 1. The molecule has 29 heavy (non-hydrogen) atoms. The smallest absolute Gasteiger partial charge is 0.416 e. The van der Waals surface area contributed by atoms with Crippen LogP contribution in [-0.2, 0) is 12.7 Å². The van der Waals surface area contributed by atoms with Crippen LogP contribution in [-0.4, -0.2) is 33.8 Å². The molecule has 2 N–H and O–H groups in total. The molecular formula is C21H22F3N3O2. The molecule has 0 aliphatic carbocycles. The van der Waals surface area contributed by atoms with E-state index >= 15 is 0 Å². The van der Waals surface area contributed by atoms with Crippen molar-refractivity contribution in [2.75, 3.05) is 27.8 Å². The van der Waals surface area contributed by atoms with Gasteiger partial charge in [0.2, 0.25) is 0 Å². The first kappa shape index (κ1) is 22.0. The molecule has 0 aliphatic rings. The molecule has 0 aliphatic heterocycles. The highest BCUT2D eigenvalue weighted by Crippen LogP contribution is 2.29. The van der Waals surface area contributed by atoms with Gasteiger partial charge in [0.05, 0.1) is 26.3 Å². The average Bonchev–Trinajstić information content (AvgIpc) is 2.72. The minimum absolute atomic E-state index is 0.224. The van der Waals surface area contributed by atoms with Gasteiger partial charge in [-0.3, -0.25) is 4.99 Å². The van der Waals surface area contributed by atoms with Crippen molar-refractivity contribution in [2.24, 2.45) is 4.99 Å². The normalized spacial score (nSPS) is 11.3. The van der Waals surface area contributed by atoms with Gasteiger partial charge in [0.15, 0.2) is 17.5 Å². The number of hydrogen-bond donors (Lipinski definition) is 2. The summed E-state index contributed by atoms with van der Waals surface area (Å²) in [6, 6.07) is 10.5. The van der Waals surface area contributed by atoms with Crippen molar-refractivity contribution in [1.82, 2.24) is 10.6 Å². The van der Waals surface area contributed by atoms with Crippen molar-refractivity contribution in [1.29, 1.82) is 0 Å². The molecule has 0 unspecified atom stereocenters. The Morgan fingerprint density at radius 2 is 1.79 bits per heavy atom. The largest absolute Gasteiger partial charge is 0.493 e. The summed E-state index contributed by atoms with van der Waals surface area (Å²) in [6.45, 7) is 0.711. The summed E-state index contributed by atoms with van der Waals surface area (Å²) in [5.41, 5.74) is 0.542. The molecule has 2 aromatic rings. The van der Waals surface area contributed by atoms with E-state index < -0.39 is 11.7 Å². The number of rotatable bonds is 5. The summed E-state index contributed by atoms with van der Waals surface area (Å²) < 4.78 is 48.7. The second kappa shape index (κ2) is 10.3. The number of nitrogens with one attached hydrogen (secondary N) is 2. The molecule has 5 nitrogen and oxygen atoms in total. The van der Waals surface area contributed by atoms with Crippen LogP contribution in [0.4, 0.5) is 13.2 Å². The molecule has 0 heterocycles. The van der Waals surface area contributed by atoms with Gasteiger partial charge in [-0.15, -0.1) is 0 Å². The van der Waals surface area contributed by atoms with E-state index in [1.54, 1.807) is 21.3 Å². The minimum Gasteiger partial charge on any atom is -0.493 e. The van der Waals surface area contributed by atoms with Gasteiger partial charge in [-0.25, -0.2) is 0 Å². The van der Waals surface area contributed by atoms with Crippen LogP contribution >= 0.6 is 0 Å². The van der Waals surface area contributed by atoms with Crippen LogP contribution in [0.1, 0.15) is 16.7 Å². The van der Waals surface area contributed by atoms with E-state index in [0.717, 1.165) is 17.7 Å². The van der Waals surface area contributed by atoms with Crippen molar-refractivity contribution in [3.05, 3.63) is 59.2 Å². The average molecular weight is 405 g/mol. The lowest BCUT2D eigenvalue weighted by Crippen LogP contribution is -2.36. The third-order valence-electron chi connectivity index (χ3n) is 3.90. The Morgan fingerprint density at radius 3 is 2.45 bits per heavy atom. The topological polar surface area (TPSA) is 54.9 Å². The maximum Gasteiger partial charge on any atom is 0.416 e. The highest BCUT2D eigenvalue weighted by atomic mass is 19.4. The zero-order valence-electron chi connectivity index (χ0n) is 16.4. The number of methoxy groups -OCH3 is 2. The van der Waals surface area contributed by atoms with Gasteiger partial charge in [-0.1, -0.05) is 24.0 Å². The molecule has 0 fully saturated rings. The second-order valence-electron chi connectivity index (χ2n) is 5.85. The van der Waals surface area contributed by atoms with E-state index in [2.05, 4.69) is 27.5 Å². The van der Waals surface area contributed by atoms with E-state index in [0.29, 0.717) is 29.6 Å². The van der Waals surface area contributed by atoms with Gasteiger partial charge in [-0.2, -0.15) is 13.2 Å². The monoisotopic (exact) mass is 405 g/mol. The van der Waals surface area contributed by atoms with Crippen LogP contribution in [0.25, 0.3) is 0 Å². The summed E-state index contributed by atoms with van der Waals surface area (Å²) >= 11 is 0. The highest BCUT2D eigenvalue weighted by molar-refractivity contribution is 5.79. The lowest BCUT2D eigenvalue weighted by atomic mass is 10.1. The predicted octanol–water partition coefficient (Wildman–Crippen LogP) is 3.44. The number of nitrogens with zero attached hydrogens (tertiary/aromatic N) is 1. The maximum absolute atomic E-state index is 12.7. The molecular weight excluding hydrogens is 383 g/mol. The zero-order valence-corrected chi connectivity index (χ0v) is 16.4. The van der Waals surface area contributed by atoms with E-state index in [4.69, 9.17) is 9.47 Å². The molecule has 2 aromatic carbocycles. The Bertz CT molecular complexity index is 915. The minimum atomic E-state index is -4.38. The Balaban J connectivity index is 1.90. The molecule has 0 atom stereocenters. The number of halogens is 3. The van der Waals surface area contributed by atoms with E-state index in [-0.39, 0.29) is 6.54 Å². The standard InChI is InChI=1S/C21H22F3N3O2/c1-25-20(27-14-16-9-10-18(28-2)19(13-16)29-3)26-11-5-7-15-6-4-8-17(12-15)21(22,23)24/h4,6,8-10,12-13H,11,14H2,1-3H3,(H2,25,26,27). The van der Waals surface area contributed by atoms with Crippen LogP contribution in [0, 0.1) is 11.8 Å². The fourth-order valence-corrected chi connectivity index (χ4v) is 2.44. The zero-order chi connectivity index (χ0) is 21.3. The van der Waals surface area contributed by atoms with Crippen molar-refractivity contribution >= 4 is 5.96 Å². The van der Waals surface area contributed by atoms with Crippen LogP contribution in [0.15, 0.2) is 47.5 Å². The number of guanidine groups is 1. The number of hydrogen-bond acceptors (Lipinski definition) is 3. The molecule has 8 heteroatoms. The van der Waals surface area contributed by atoms with E-state index in [9.17, 15) is 13.2 Å². The predicted molar refractivity (Wildman–Crippen MR) is 106 cm³/mol. The quantitative estimate of drug-likeness (QED) is 0.455. The van der Waals surface area contributed by atoms with Gasteiger partial charge in [0.1, 0.15) is 0 Å². The molecule has 2 rings (SSSR count). The van der Waals surface area contributed by atoms with E-state index in [1.807, 2.05) is 18.2 Å². The third-order valence-corrected chi connectivity index (χ3v) is 3.90. The Morgan fingerprint density at radius 1 is 1.03 bits per heavy atom. The fourth-order valence-electron chi connectivity index (χ4n) is 2.44. The Labute approximate surface area is 167 Å². The lowest BCUT2D eigenvalue weighted by molar-refractivity contribution is -0.137. The van der Waals surface area contributed by atoms with Gasteiger partial charge < -0.3 is 20.1 Å². The molecule has 0 radical (unpaired) electrons. The van der Waals surface area contributed by atoms with Gasteiger partial charge >= 0.3 is 6.18 Å². The maximum atomic E-state index is 12.7. The summed E-state index contributed by atoms with van der Waals surface area (Å²) in [6.07, 6.45) is -4.38. The molecule has 0 saturated heterocycles. The summed E-state index contributed by atoms with van der Waals surface area (Å²) in [4.78, 5) is 4.09. The van der Waals surface area contributed by atoms with Crippen LogP contribution in [0.3, 0.4) is 0 Å². The summed E-state index contributed by atoms with van der Waals surface area (Å²) in [7, 11) is 4.75.